The van der Waals surface area contributed by atoms with Crippen molar-refractivity contribution < 1.29 is 0 Å². The maximum Gasteiger partial charge on any atom is 0.109 e. The molecule has 0 amide bonds. The molecule has 0 aliphatic rings. The number of thiazole rings is 1. The van der Waals surface area contributed by atoms with Crippen LogP contribution in [0.15, 0.2) is 24.7 Å². The smallest absolute Gasteiger partial charge is 0.109 e. The molecule has 86 valence electrons. The second-order valence-electron chi connectivity index (χ2n) is 3.84. The third-order valence-corrected chi connectivity index (χ3v) is 3.89. The molecule has 0 saturated carbocycles. The van der Waals surface area contributed by atoms with Crippen molar-refractivity contribution in [2.75, 3.05) is 0 Å². The van der Waals surface area contributed by atoms with Gasteiger partial charge in [-0.3, -0.25) is 0 Å². The van der Waals surface area contributed by atoms with E-state index in [-0.39, 0.29) is 0 Å². The molecule has 0 fully saturated rings. The first kappa shape index (κ1) is 11.4. The molecular formula is C12H17N3S. The zero-order valence-electron chi connectivity index (χ0n) is 9.66. The number of rotatable bonds is 5. The van der Waals surface area contributed by atoms with E-state index in [1.807, 2.05) is 18.6 Å². The Morgan fingerprint density at radius 2 is 2.44 bits per heavy atom. The van der Waals surface area contributed by atoms with Gasteiger partial charge in [-0.15, -0.1) is 11.3 Å². The SMILES string of the molecule is CCc1cnc(C(C)NCc2cc[nH]c2)s1. The highest BCUT2D eigenvalue weighted by atomic mass is 32.1. The number of aromatic nitrogens is 2. The number of hydrogen-bond acceptors (Lipinski definition) is 3. The lowest BCUT2D eigenvalue weighted by Gasteiger charge is -2.09. The molecule has 0 aromatic carbocycles. The summed E-state index contributed by atoms with van der Waals surface area (Å²) < 4.78 is 0. The van der Waals surface area contributed by atoms with E-state index in [4.69, 9.17) is 0 Å². The first-order valence-corrected chi connectivity index (χ1v) is 6.41. The van der Waals surface area contributed by atoms with Crippen LogP contribution in [0.2, 0.25) is 0 Å². The van der Waals surface area contributed by atoms with Crippen LogP contribution in [0.4, 0.5) is 0 Å². The van der Waals surface area contributed by atoms with E-state index in [2.05, 4.69) is 35.2 Å². The average Bonchev–Trinajstić information content (AvgIpc) is 2.96. The summed E-state index contributed by atoms with van der Waals surface area (Å²) in [5, 5.41) is 4.64. The zero-order valence-corrected chi connectivity index (χ0v) is 10.5. The van der Waals surface area contributed by atoms with Crippen molar-refractivity contribution in [3.63, 3.8) is 0 Å². The molecule has 0 aliphatic heterocycles. The molecule has 2 aromatic heterocycles. The predicted octanol–water partition coefficient (Wildman–Crippen LogP) is 2.88. The van der Waals surface area contributed by atoms with Crippen molar-refractivity contribution in [3.8, 4) is 0 Å². The van der Waals surface area contributed by atoms with Gasteiger partial charge in [-0.2, -0.15) is 0 Å². The molecule has 4 heteroatoms. The molecule has 0 radical (unpaired) electrons. The topological polar surface area (TPSA) is 40.7 Å². The van der Waals surface area contributed by atoms with Gasteiger partial charge in [-0.25, -0.2) is 4.98 Å². The Morgan fingerprint density at radius 3 is 3.06 bits per heavy atom. The molecule has 0 spiro atoms. The van der Waals surface area contributed by atoms with Crippen molar-refractivity contribution in [1.29, 1.82) is 0 Å². The van der Waals surface area contributed by atoms with Crippen molar-refractivity contribution in [2.45, 2.75) is 32.9 Å². The first-order chi connectivity index (χ1) is 7.79. The third-order valence-electron chi connectivity index (χ3n) is 2.57. The van der Waals surface area contributed by atoms with Gasteiger partial charge in [0.2, 0.25) is 0 Å². The summed E-state index contributed by atoms with van der Waals surface area (Å²) >= 11 is 1.80. The summed E-state index contributed by atoms with van der Waals surface area (Å²) in [5.74, 6) is 0. The summed E-state index contributed by atoms with van der Waals surface area (Å²) in [6, 6.07) is 2.40. The lowest BCUT2D eigenvalue weighted by molar-refractivity contribution is 0.572. The highest BCUT2D eigenvalue weighted by Crippen LogP contribution is 2.20. The monoisotopic (exact) mass is 235 g/mol. The van der Waals surface area contributed by atoms with Crippen LogP contribution in [-0.2, 0) is 13.0 Å². The normalized spacial score (nSPS) is 12.9. The van der Waals surface area contributed by atoms with E-state index in [9.17, 15) is 0 Å². The number of H-pyrrole nitrogens is 1. The summed E-state index contributed by atoms with van der Waals surface area (Å²) in [6.07, 6.45) is 7.01. The van der Waals surface area contributed by atoms with E-state index in [0.717, 1.165) is 13.0 Å². The maximum absolute atomic E-state index is 4.44. The minimum Gasteiger partial charge on any atom is -0.367 e. The Labute approximate surface area is 99.9 Å². The van der Waals surface area contributed by atoms with Crippen LogP contribution in [0.1, 0.15) is 35.3 Å². The number of hydrogen-bond donors (Lipinski definition) is 2. The van der Waals surface area contributed by atoms with E-state index in [1.165, 1.54) is 15.4 Å². The molecule has 2 aromatic rings. The second-order valence-corrected chi connectivity index (χ2v) is 4.99. The Morgan fingerprint density at radius 1 is 1.56 bits per heavy atom. The van der Waals surface area contributed by atoms with Gasteiger partial charge in [-0.05, 0) is 25.0 Å². The Hall–Kier alpha value is -1.13. The maximum atomic E-state index is 4.44. The Bertz CT molecular complexity index is 419. The highest BCUT2D eigenvalue weighted by Gasteiger charge is 2.09. The van der Waals surface area contributed by atoms with Crippen LogP contribution in [0.3, 0.4) is 0 Å². The van der Waals surface area contributed by atoms with Crippen molar-refractivity contribution in [3.05, 3.63) is 40.1 Å². The fourth-order valence-electron chi connectivity index (χ4n) is 1.51. The standard InChI is InChI=1S/C12H17N3S/c1-3-11-8-15-12(16-11)9(2)14-7-10-4-5-13-6-10/h4-6,8-9,13-14H,3,7H2,1-2H3. The molecule has 2 N–H and O–H groups in total. The van der Waals surface area contributed by atoms with Crippen LogP contribution in [0, 0.1) is 0 Å². The van der Waals surface area contributed by atoms with Crippen LogP contribution in [0.25, 0.3) is 0 Å². The molecule has 3 nitrogen and oxygen atoms in total. The van der Waals surface area contributed by atoms with Gasteiger partial charge >= 0.3 is 0 Å². The van der Waals surface area contributed by atoms with Crippen LogP contribution >= 0.6 is 11.3 Å². The van der Waals surface area contributed by atoms with Gasteiger partial charge < -0.3 is 10.3 Å². The fraction of sp³-hybridized carbons (Fsp3) is 0.417. The largest absolute Gasteiger partial charge is 0.367 e. The summed E-state index contributed by atoms with van der Waals surface area (Å²) in [6.45, 7) is 5.20. The molecule has 0 aliphatic carbocycles. The lowest BCUT2D eigenvalue weighted by Crippen LogP contribution is -2.17. The minimum absolute atomic E-state index is 0.320. The van der Waals surface area contributed by atoms with Crippen molar-refractivity contribution >= 4 is 11.3 Å². The van der Waals surface area contributed by atoms with Gasteiger partial charge in [0.25, 0.3) is 0 Å². The van der Waals surface area contributed by atoms with E-state index >= 15 is 0 Å². The molecule has 0 bridgehead atoms. The molecule has 2 rings (SSSR count). The van der Waals surface area contributed by atoms with Gasteiger partial charge in [0.05, 0.1) is 6.04 Å². The van der Waals surface area contributed by atoms with E-state index in [0.29, 0.717) is 6.04 Å². The molecule has 2 heterocycles. The highest BCUT2D eigenvalue weighted by molar-refractivity contribution is 7.11. The molecular weight excluding hydrogens is 218 g/mol. The second kappa shape index (κ2) is 5.27. The number of nitrogens with one attached hydrogen (secondary N) is 2. The predicted molar refractivity (Wildman–Crippen MR) is 67.5 cm³/mol. The van der Waals surface area contributed by atoms with Gasteiger partial charge in [0, 0.05) is 30.0 Å². The third kappa shape index (κ3) is 2.71. The Balaban J connectivity index is 1.90. The zero-order chi connectivity index (χ0) is 11.4. The van der Waals surface area contributed by atoms with Gasteiger partial charge in [-0.1, -0.05) is 6.92 Å². The lowest BCUT2D eigenvalue weighted by atomic mass is 10.3. The molecule has 1 unspecified atom stereocenters. The summed E-state index contributed by atoms with van der Waals surface area (Å²) in [7, 11) is 0. The van der Waals surface area contributed by atoms with Gasteiger partial charge in [0.15, 0.2) is 0 Å². The molecule has 1 atom stereocenters. The van der Waals surface area contributed by atoms with Crippen molar-refractivity contribution in [2.24, 2.45) is 0 Å². The molecule has 16 heavy (non-hydrogen) atoms. The number of aromatic amines is 1. The molecule has 0 saturated heterocycles. The minimum atomic E-state index is 0.320. The first-order valence-electron chi connectivity index (χ1n) is 5.59. The van der Waals surface area contributed by atoms with Crippen LogP contribution in [0.5, 0.6) is 0 Å². The number of nitrogens with zero attached hydrogens (tertiary/aromatic N) is 1. The Kier molecular flexibility index (Phi) is 3.74. The van der Waals surface area contributed by atoms with Crippen LogP contribution in [-0.4, -0.2) is 9.97 Å². The van der Waals surface area contributed by atoms with Gasteiger partial charge in [0.1, 0.15) is 5.01 Å². The van der Waals surface area contributed by atoms with Crippen molar-refractivity contribution in [1.82, 2.24) is 15.3 Å². The number of aryl methyl sites for hydroxylation is 1. The summed E-state index contributed by atoms with van der Waals surface area (Å²) in [4.78, 5) is 8.84. The van der Waals surface area contributed by atoms with E-state index in [1.54, 1.807) is 11.3 Å². The quantitative estimate of drug-likeness (QED) is 0.836. The fourth-order valence-corrected chi connectivity index (χ4v) is 2.40. The summed E-state index contributed by atoms with van der Waals surface area (Å²) in [5.41, 5.74) is 1.28. The van der Waals surface area contributed by atoms with E-state index < -0.39 is 0 Å². The average molecular weight is 235 g/mol. The van der Waals surface area contributed by atoms with Crippen LogP contribution < -0.4 is 5.32 Å².